The molecule has 0 amide bonds. The molecule has 82 valence electrons. The van der Waals surface area contributed by atoms with E-state index in [-0.39, 0.29) is 0 Å². The standard InChI is InChI=1S/C8H4F5NO/c9-3-1-2-4(14)5(6(3)10)7(15)8(11,12)13/h1-2H,14H2. The molecule has 7 heteroatoms. The lowest BCUT2D eigenvalue weighted by atomic mass is 10.1. The topological polar surface area (TPSA) is 43.1 Å². The fourth-order valence-corrected chi connectivity index (χ4v) is 0.938. The molecule has 0 aliphatic carbocycles. The number of Topliss-reactive ketones (excluding diaryl/α,β-unsaturated/α-hetero) is 1. The molecule has 0 spiro atoms. The number of benzene rings is 1. The number of halogens is 5. The van der Waals surface area contributed by atoms with Gasteiger partial charge in [-0.1, -0.05) is 0 Å². The van der Waals surface area contributed by atoms with E-state index in [2.05, 4.69) is 0 Å². The van der Waals surface area contributed by atoms with Crippen LogP contribution in [0.15, 0.2) is 12.1 Å². The molecule has 2 nitrogen and oxygen atoms in total. The average molecular weight is 225 g/mol. The van der Waals surface area contributed by atoms with Crippen molar-refractivity contribution < 1.29 is 26.7 Å². The molecule has 0 aliphatic heterocycles. The number of carbonyl (C=O) groups is 1. The van der Waals surface area contributed by atoms with Crippen LogP contribution in [0, 0.1) is 11.6 Å². The summed E-state index contributed by atoms with van der Waals surface area (Å²) >= 11 is 0. The fourth-order valence-electron chi connectivity index (χ4n) is 0.938. The maximum atomic E-state index is 12.9. The highest BCUT2D eigenvalue weighted by Crippen LogP contribution is 2.27. The zero-order valence-corrected chi connectivity index (χ0v) is 7.03. The second kappa shape index (κ2) is 3.48. The molecular weight excluding hydrogens is 221 g/mol. The third-order valence-corrected chi connectivity index (χ3v) is 1.61. The van der Waals surface area contributed by atoms with Crippen molar-refractivity contribution in [3.8, 4) is 0 Å². The molecule has 0 unspecified atom stereocenters. The molecule has 15 heavy (non-hydrogen) atoms. The van der Waals surface area contributed by atoms with Crippen LogP contribution >= 0.6 is 0 Å². The monoisotopic (exact) mass is 225 g/mol. The van der Waals surface area contributed by atoms with Crippen molar-refractivity contribution in [1.82, 2.24) is 0 Å². The van der Waals surface area contributed by atoms with Crippen LogP contribution in [0.4, 0.5) is 27.6 Å². The van der Waals surface area contributed by atoms with Gasteiger partial charge in [0, 0.05) is 5.69 Å². The van der Waals surface area contributed by atoms with E-state index in [1.165, 1.54) is 0 Å². The van der Waals surface area contributed by atoms with Gasteiger partial charge in [-0.25, -0.2) is 8.78 Å². The van der Waals surface area contributed by atoms with E-state index in [1.807, 2.05) is 0 Å². The van der Waals surface area contributed by atoms with Gasteiger partial charge in [-0.05, 0) is 12.1 Å². The Labute approximate surface area is 80.5 Å². The van der Waals surface area contributed by atoms with Crippen molar-refractivity contribution >= 4 is 11.5 Å². The van der Waals surface area contributed by atoms with Crippen LogP contribution in [0.25, 0.3) is 0 Å². The SMILES string of the molecule is Nc1ccc(F)c(F)c1C(=O)C(F)(F)F. The molecule has 0 heterocycles. The molecule has 0 atom stereocenters. The Balaban J connectivity index is 3.38. The summed E-state index contributed by atoms with van der Waals surface area (Å²) in [6.07, 6.45) is -5.29. The Morgan fingerprint density at radius 3 is 2.20 bits per heavy atom. The molecule has 0 saturated heterocycles. The van der Waals surface area contributed by atoms with E-state index in [0.717, 1.165) is 0 Å². The van der Waals surface area contributed by atoms with Crippen LogP contribution in [-0.4, -0.2) is 12.0 Å². The first kappa shape index (κ1) is 11.4. The average Bonchev–Trinajstić information content (AvgIpc) is 2.10. The molecule has 1 aromatic rings. The summed E-state index contributed by atoms with van der Waals surface area (Å²) in [7, 11) is 0. The van der Waals surface area contributed by atoms with Crippen molar-refractivity contribution in [1.29, 1.82) is 0 Å². The number of rotatable bonds is 1. The van der Waals surface area contributed by atoms with Gasteiger partial charge in [-0.3, -0.25) is 4.79 Å². The second-order valence-electron chi connectivity index (χ2n) is 2.65. The molecule has 0 fully saturated rings. The number of carbonyl (C=O) groups excluding carboxylic acids is 1. The third-order valence-electron chi connectivity index (χ3n) is 1.61. The highest BCUT2D eigenvalue weighted by atomic mass is 19.4. The number of nitrogen functional groups attached to an aromatic ring is 1. The predicted octanol–water partition coefficient (Wildman–Crippen LogP) is 2.29. The first-order valence-electron chi connectivity index (χ1n) is 3.60. The van der Waals surface area contributed by atoms with Gasteiger partial charge in [0.1, 0.15) is 0 Å². The third kappa shape index (κ3) is 2.05. The summed E-state index contributed by atoms with van der Waals surface area (Å²) in [6.45, 7) is 0. The van der Waals surface area contributed by atoms with Crippen molar-refractivity contribution in [2.75, 3.05) is 5.73 Å². The molecule has 0 bridgehead atoms. The summed E-state index contributed by atoms with van der Waals surface area (Å²) < 4.78 is 61.2. The van der Waals surface area contributed by atoms with Gasteiger partial charge in [0.15, 0.2) is 11.6 Å². The lowest BCUT2D eigenvalue weighted by Crippen LogP contribution is -2.25. The lowest BCUT2D eigenvalue weighted by molar-refractivity contribution is -0.0887. The molecule has 0 aromatic heterocycles. The van der Waals surface area contributed by atoms with Crippen molar-refractivity contribution in [2.24, 2.45) is 0 Å². The normalized spacial score (nSPS) is 11.5. The first-order valence-corrected chi connectivity index (χ1v) is 3.60. The Hall–Kier alpha value is -1.66. The van der Waals surface area contributed by atoms with Crippen LogP contribution in [0.3, 0.4) is 0 Å². The number of nitrogens with two attached hydrogens (primary N) is 1. The van der Waals surface area contributed by atoms with Crippen LogP contribution in [0.2, 0.25) is 0 Å². The second-order valence-corrected chi connectivity index (χ2v) is 2.65. The van der Waals surface area contributed by atoms with E-state index in [4.69, 9.17) is 5.73 Å². The number of alkyl halides is 3. The van der Waals surface area contributed by atoms with Gasteiger partial charge in [0.2, 0.25) is 0 Å². The minimum atomic E-state index is -5.29. The number of anilines is 1. The Kier molecular flexibility index (Phi) is 2.65. The van der Waals surface area contributed by atoms with Crippen molar-refractivity contribution in [3.63, 3.8) is 0 Å². The van der Waals surface area contributed by atoms with E-state index in [1.54, 1.807) is 0 Å². The maximum Gasteiger partial charge on any atom is 0.455 e. The minimum absolute atomic E-state index is 0.540. The minimum Gasteiger partial charge on any atom is -0.398 e. The Morgan fingerprint density at radius 1 is 1.20 bits per heavy atom. The highest BCUT2D eigenvalue weighted by molar-refractivity contribution is 6.04. The number of hydrogen-bond acceptors (Lipinski definition) is 2. The van der Waals surface area contributed by atoms with Crippen LogP contribution in [-0.2, 0) is 0 Å². The van der Waals surface area contributed by atoms with E-state index in [0.29, 0.717) is 12.1 Å². The summed E-state index contributed by atoms with van der Waals surface area (Å²) in [5.41, 5.74) is 2.72. The zero-order valence-electron chi connectivity index (χ0n) is 7.03. The molecule has 0 saturated carbocycles. The number of hydrogen-bond donors (Lipinski definition) is 1. The van der Waals surface area contributed by atoms with Crippen LogP contribution in [0.1, 0.15) is 10.4 Å². The van der Waals surface area contributed by atoms with Crippen molar-refractivity contribution in [2.45, 2.75) is 6.18 Å². The summed E-state index contributed by atoms with van der Waals surface area (Å²) in [5.74, 6) is -5.95. The van der Waals surface area contributed by atoms with E-state index < -0.39 is 34.8 Å². The smallest absolute Gasteiger partial charge is 0.398 e. The predicted molar refractivity (Wildman–Crippen MR) is 41.2 cm³/mol. The van der Waals surface area contributed by atoms with Crippen LogP contribution < -0.4 is 5.73 Å². The lowest BCUT2D eigenvalue weighted by Gasteiger charge is -2.08. The van der Waals surface area contributed by atoms with Gasteiger partial charge in [0.25, 0.3) is 5.78 Å². The van der Waals surface area contributed by atoms with Crippen molar-refractivity contribution in [3.05, 3.63) is 29.3 Å². The largest absolute Gasteiger partial charge is 0.455 e. The quantitative estimate of drug-likeness (QED) is 0.452. The summed E-state index contributed by atoms with van der Waals surface area (Å²) in [4.78, 5) is 10.6. The van der Waals surface area contributed by atoms with E-state index in [9.17, 15) is 26.7 Å². The van der Waals surface area contributed by atoms with Crippen LogP contribution in [0.5, 0.6) is 0 Å². The first-order chi connectivity index (χ1) is 6.75. The summed E-state index contributed by atoms with van der Waals surface area (Å²) in [5, 5.41) is 0. The van der Waals surface area contributed by atoms with Gasteiger partial charge < -0.3 is 5.73 Å². The summed E-state index contributed by atoms with van der Waals surface area (Å²) in [6, 6.07) is 1.23. The zero-order chi connectivity index (χ0) is 11.8. The van der Waals surface area contributed by atoms with Gasteiger partial charge >= 0.3 is 6.18 Å². The molecular formula is C8H4F5NO. The fraction of sp³-hybridized carbons (Fsp3) is 0.125. The van der Waals surface area contributed by atoms with Gasteiger partial charge in [-0.15, -0.1) is 0 Å². The molecule has 2 N–H and O–H groups in total. The Bertz CT molecular complexity index is 412. The van der Waals surface area contributed by atoms with Gasteiger partial charge in [-0.2, -0.15) is 13.2 Å². The van der Waals surface area contributed by atoms with E-state index >= 15 is 0 Å². The van der Waals surface area contributed by atoms with Gasteiger partial charge in [0.05, 0.1) is 5.56 Å². The number of ketones is 1. The molecule has 0 radical (unpaired) electrons. The highest BCUT2D eigenvalue weighted by Gasteiger charge is 2.42. The Morgan fingerprint density at radius 2 is 1.73 bits per heavy atom. The molecule has 0 aliphatic rings. The maximum absolute atomic E-state index is 12.9. The molecule has 1 rings (SSSR count). The molecule has 1 aromatic carbocycles.